The highest BCUT2D eigenvalue weighted by atomic mass is 32.1. The summed E-state index contributed by atoms with van der Waals surface area (Å²) in [5.41, 5.74) is 1.18. The lowest BCUT2D eigenvalue weighted by Gasteiger charge is -1.94. The van der Waals surface area contributed by atoms with Crippen molar-refractivity contribution < 1.29 is 0 Å². The average Bonchev–Trinajstić information content (AvgIpc) is 2.67. The smallest absolute Gasteiger partial charge is 0.280 e. The van der Waals surface area contributed by atoms with Crippen LogP contribution in [0.4, 0.5) is 0 Å². The van der Waals surface area contributed by atoms with Crippen molar-refractivity contribution in [2.45, 2.75) is 13.8 Å². The molecule has 0 fully saturated rings. The van der Waals surface area contributed by atoms with E-state index in [1.165, 1.54) is 15.9 Å². The summed E-state index contributed by atoms with van der Waals surface area (Å²) in [6.45, 7) is 4.00. The number of rotatable bonds is 0. The van der Waals surface area contributed by atoms with Crippen molar-refractivity contribution in [3.63, 3.8) is 0 Å². The molecule has 0 amide bonds. The summed E-state index contributed by atoms with van der Waals surface area (Å²) >= 11 is 1.22. The maximum absolute atomic E-state index is 11.1. The van der Waals surface area contributed by atoms with Gasteiger partial charge in [0, 0.05) is 7.05 Å². The summed E-state index contributed by atoms with van der Waals surface area (Å²) < 4.78 is 1.80. The molecule has 5 nitrogen and oxygen atoms in total. The molecule has 2 heterocycles. The topological polar surface area (TPSA) is 67.8 Å². The molecule has 0 atom stereocenters. The Hall–Kier alpha value is -1.43. The number of H-pyrrole nitrogens is 1. The van der Waals surface area contributed by atoms with E-state index in [2.05, 4.69) is 9.97 Å². The minimum absolute atomic E-state index is 0.365. The van der Waals surface area contributed by atoms with E-state index in [-0.39, 0.29) is 5.56 Å². The molecule has 0 aliphatic heterocycles. The fourth-order valence-corrected chi connectivity index (χ4v) is 1.68. The van der Waals surface area contributed by atoms with Crippen LogP contribution >= 0.6 is 11.3 Å². The Morgan fingerprint density at radius 3 is 2.71 bits per heavy atom. The Labute approximate surface area is 84.0 Å². The van der Waals surface area contributed by atoms with E-state index in [4.69, 9.17) is 0 Å². The molecule has 0 saturated heterocycles. The predicted octanol–water partition coefficient (Wildman–Crippen LogP) is 0.709. The van der Waals surface area contributed by atoms with Crippen LogP contribution in [0, 0.1) is 0 Å². The number of aryl methyl sites for hydroxylation is 1. The van der Waals surface area contributed by atoms with Gasteiger partial charge < -0.3 is 0 Å². The van der Waals surface area contributed by atoms with Crippen molar-refractivity contribution in [2.24, 2.45) is 7.05 Å². The van der Waals surface area contributed by atoms with Crippen LogP contribution in [-0.2, 0) is 7.05 Å². The second-order valence-electron chi connectivity index (χ2n) is 2.32. The van der Waals surface area contributed by atoms with Gasteiger partial charge in [-0.2, -0.15) is 0 Å². The molecule has 2 aromatic rings. The summed E-state index contributed by atoms with van der Waals surface area (Å²) in [6, 6.07) is 0. The van der Waals surface area contributed by atoms with Gasteiger partial charge in [-0.1, -0.05) is 13.8 Å². The van der Waals surface area contributed by atoms with Crippen molar-refractivity contribution in [3.8, 4) is 0 Å². The van der Waals surface area contributed by atoms with Crippen LogP contribution in [-0.4, -0.2) is 14.5 Å². The molecule has 0 saturated carbocycles. The Bertz CT molecular complexity index is 537. The zero-order valence-corrected chi connectivity index (χ0v) is 9.01. The summed E-state index contributed by atoms with van der Waals surface area (Å²) in [6.07, 6.45) is 0. The van der Waals surface area contributed by atoms with E-state index in [0.717, 1.165) is 0 Å². The Morgan fingerprint density at radius 2 is 2.07 bits per heavy atom. The summed E-state index contributed by atoms with van der Waals surface area (Å²) in [5, 5.41) is 0. The maximum Gasteiger partial charge on any atom is 0.329 e. The highest BCUT2D eigenvalue weighted by Gasteiger charge is 2.05. The van der Waals surface area contributed by atoms with Gasteiger partial charge >= 0.3 is 5.69 Å². The second-order valence-corrected chi connectivity index (χ2v) is 3.18. The quantitative estimate of drug-likeness (QED) is 0.700. The number of nitrogens with zero attached hydrogens (tertiary/aromatic N) is 2. The molecule has 0 aromatic carbocycles. The van der Waals surface area contributed by atoms with Crippen LogP contribution in [0.25, 0.3) is 10.3 Å². The predicted molar refractivity (Wildman–Crippen MR) is 56.8 cm³/mol. The first-order valence-electron chi connectivity index (χ1n) is 4.22. The fourth-order valence-electron chi connectivity index (χ4n) is 0.968. The molecule has 14 heavy (non-hydrogen) atoms. The molecule has 0 aliphatic carbocycles. The van der Waals surface area contributed by atoms with Crippen molar-refractivity contribution in [2.75, 3.05) is 0 Å². The molecule has 0 bridgehead atoms. The largest absolute Gasteiger partial charge is 0.329 e. The molecule has 0 spiro atoms. The van der Waals surface area contributed by atoms with Crippen LogP contribution in [0.15, 0.2) is 15.1 Å². The lowest BCUT2D eigenvalue weighted by molar-refractivity contribution is 0.833. The highest BCUT2D eigenvalue weighted by Crippen LogP contribution is 2.08. The number of nitrogens with one attached hydrogen (secondary N) is 1. The Balaban J connectivity index is 0.000000461. The molecule has 0 aliphatic rings. The van der Waals surface area contributed by atoms with Gasteiger partial charge in [0.1, 0.15) is 4.70 Å². The monoisotopic (exact) mass is 213 g/mol. The van der Waals surface area contributed by atoms with Gasteiger partial charge in [0.2, 0.25) is 0 Å². The maximum atomic E-state index is 11.1. The number of aromatic nitrogens is 3. The van der Waals surface area contributed by atoms with Crippen LogP contribution in [0.5, 0.6) is 0 Å². The van der Waals surface area contributed by atoms with Crippen molar-refractivity contribution in [1.82, 2.24) is 14.5 Å². The van der Waals surface area contributed by atoms with Crippen molar-refractivity contribution in [1.29, 1.82) is 0 Å². The Morgan fingerprint density at radius 1 is 1.43 bits per heavy atom. The van der Waals surface area contributed by atoms with Gasteiger partial charge in [-0.15, -0.1) is 11.3 Å². The lowest BCUT2D eigenvalue weighted by Crippen LogP contribution is -2.27. The number of aromatic amines is 1. The first-order chi connectivity index (χ1) is 6.70. The summed E-state index contributed by atoms with van der Waals surface area (Å²) in [5.74, 6) is 0. The SMILES string of the molecule is CC.Cn1c(=O)[nH]c(=O)c2scnc21. The normalized spacial score (nSPS) is 9.64. The molecular weight excluding hydrogens is 202 g/mol. The van der Waals surface area contributed by atoms with Gasteiger partial charge in [-0.25, -0.2) is 9.78 Å². The Kier molecular flexibility index (Phi) is 3.19. The van der Waals surface area contributed by atoms with Crippen molar-refractivity contribution >= 4 is 21.7 Å². The zero-order valence-electron chi connectivity index (χ0n) is 8.20. The zero-order chi connectivity index (χ0) is 10.7. The summed E-state index contributed by atoms with van der Waals surface area (Å²) in [7, 11) is 1.57. The number of hydrogen-bond acceptors (Lipinski definition) is 4. The van der Waals surface area contributed by atoms with Gasteiger partial charge in [0.25, 0.3) is 5.56 Å². The minimum atomic E-state index is -0.432. The molecule has 0 radical (unpaired) electrons. The third kappa shape index (κ3) is 1.60. The van der Waals surface area contributed by atoms with E-state index in [1.807, 2.05) is 13.8 Å². The van der Waals surface area contributed by atoms with E-state index in [1.54, 1.807) is 12.6 Å². The van der Waals surface area contributed by atoms with Gasteiger partial charge in [-0.05, 0) is 0 Å². The first-order valence-corrected chi connectivity index (χ1v) is 5.10. The summed E-state index contributed by atoms with van der Waals surface area (Å²) in [4.78, 5) is 28.2. The standard InChI is InChI=1S/C6H5N3O2S.C2H6/c1-9-4-3(12-2-7-4)5(10)8-6(9)11;1-2/h2H,1H3,(H,8,10,11);1-2H3. The third-order valence-corrected chi connectivity index (χ3v) is 2.41. The number of thiazole rings is 1. The highest BCUT2D eigenvalue weighted by molar-refractivity contribution is 7.16. The van der Waals surface area contributed by atoms with E-state index in [0.29, 0.717) is 10.3 Å². The van der Waals surface area contributed by atoms with Crippen molar-refractivity contribution in [3.05, 3.63) is 26.3 Å². The third-order valence-electron chi connectivity index (χ3n) is 1.60. The molecule has 2 aromatic heterocycles. The number of fused-ring (bicyclic) bond motifs is 1. The lowest BCUT2D eigenvalue weighted by atomic mass is 10.6. The minimum Gasteiger partial charge on any atom is -0.280 e. The second kappa shape index (κ2) is 4.19. The van der Waals surface area contributed by atoms with Crippen LogP contribution < -0.4 is 11.2 Å². The molecule has 1 N–H and O–H groups in total. The molecular formula is C8H11N3O2S. The van der Waals surface area contributed by atoms with Crippen LogP contribution in [0.3, 0.4) is 0 Å². The van der Waals surface area contributed by atoms with Crippen LogP contribution in [0.2, 0.25) is 0 Å². The molecule has 76 valence electrons. The van der Waals surface area contributed by atoms with Gasteiger partial charge in [0.15, 0.2) is 5.65 Å². The van der Waals surface area contributed by atoms with Gasteiger partial charge in [0.05, 0.1) is 5.51 Å². The molecule has 2 rings (SSSR count). The average molecular weight is 213 g/mol. The van der Waals surface area contributed by atoms with Gasteiger partial charge in [-0.3, -0.25) is 14.3 Å². The van der Waals surface area contributed by atoms with E-state index in [9.17, 15) is 9.59 Å². The number of hydrogen-bond donors (Lipinski definition) is 1. The fraction of sp³-hybridized carbons (Fsp3) is 0.375. The van der Waals surface area contributed by atoms with E-state index >= 15 is 0 Å². The van der Waals surface area contributed by atoms with Crippen LogP contribution in [0.1, 0.15) is 13.8 Å². The molecule has 0 unspecified atom stereocenters. The first kappa shape index (κ1) is 10.6. The molecule has 6 heteroatoms. The van der Waals surface area contributed by atoms with E-state index < -0.39 is 5.69 Å².